The number of esters is 4. The van der Waals surface area contributed by atoms with Gasteiger partial charge in [0.1, 0.15) is 30.6 Å². The van der Waals surface area contributed by atoms with Gasteiger partial charge in [0.25, 0.3) is 0 Å². The highest BCUT2D eigenvalue weighted by molar-refractivity contribution is 5.69. The van der Waals surface area contributed by atoms with E-state index in [-0.39, 0.29) is 12.4 Å². The van der Waals surface area contributed by atoms with Crippen molar-refractivity contribution in [2.45, 2.75) is 78.0 Å². The van der Waals surface area contributed by atoms with Gasteiger partial charge in [-0.3, -0.25) is 19.2 Å². The standard InChI is InChI=1S/C31H35NO10/c1-7-21-8-10-22(11-9-21)12-23-13-24(14-26(37-6)25(23)15-32)28-30(40-19(4)35)31(41-20(5)36)29(39-18(3)34)27(42-28)16-38-17(2)33/h8-11,13-14,27-31H,7,12,16H2,1-6H3/t27-,28+,29-,30+,31+/m1/s1. The molecule has 1 aliphatic heterocycles. The van der Waals surface area contributed by atoms with Gasteiger partial charge in [-0.25, -0.2) is 0 Å². The van der Waals surface area contributed by atoms with Crippen molar-refractivity contribution in [1.82, 2.24) is 0 Å². The lowest BCUT2D eigenvalue weighted by molar-refractivity contribution is -0.254. The SMILES string of the molecule is CCc1ccc(Cc2cc([C@@H]3O[C@H](COC(C)=O)[C@@H](OC(C)=O)[C@H](OC(C)=O)[C@H]3OC(C)=O)cc(OC)c2C#N)cc1. The van der Waals surface area contributed by atoms with E-state index in [0.717, 1.165) is 25.8 Å². The van der Waals surface area contributed by atoms with Gasteiger partial charge >= 0.3 is 23.9 Å². The lowest BCUT2D eigenvalue weighted by Gasteiger charge is -2.44. The van der Waals surface area contributed by atoms with Crippen molar-refractivity contribution in [3.63, 3.8) is 0 Å². The molecule has 1 fully saturated rings. The zero-order valence-electron chi connectivity index (χ0n) is 24.5. The minimum atomic E-state index is -1.32. The maximum atomic E-state index is 12.3. The number of benzene rings is 2. The van der Waals surface area contributed by atoms with E-state index in [9.17, 15) is 24.4 Å². The smallest absolute Gasteiger partial charge is 0.303 e. The summed E-state index contributed by atoms with van der Waals surface area (Å²) in [7, 11) is 1.42. The number of carbonyl (C=O) groups is 4. The molecule has 2 aromatic carbocycles. The summed E-state index contributed by atoms with van der Waals surface area (Å²) in [6.45, 7) is 6.41. The Morgan fingerprint density at radius 2 is 1.40 bits per heavy atom. The highest BCUT2D eigenvalue weighted by Crippen LogP contribution is 2.40. The van der Waals surface area contributed by atoms with E-state index in [1.807, 2.05) is 24.3 Å². The van der Waals surface area contributed by atoms with Crippen LogP contribution >= 0.6 is 0 Å². The summed E-state index contributed by atoms with van der Waals surface area (Å²) in [4.78, 5) is 48.2. The number of hydrogen-bond donors (Lipinski definition) is 0. The molecule has 0 saturated carbocycles. The van der Waals surface area contributed by atoms with Crippen molar-refractivity contribution in [2.75, 3.05) is 13.7 Å². The summed E-state index contributed by atoms with van der Waals surface area (Å²) >= 11 is 0. The van der Waals surface area contributed by atoms with Crippen LogP contribution < -0.4 is 4.74 Å². The van der Waals surface area contributed by atoms with Gasteiger partial charge in [0.05, 0.1) is 12.7 Å². The molecule has 224 valence electrons. The highest BCUT2D eigenvalue weighted by Gasteiger charge is 2.52. The van der Waals surface area contributed by atoms with E-state index in [1.165, 1.54) is 26.5 Å². The monoisotopic (exact) mass is 581 g/mol. The minimum absolute atomic E-state index is 0.253. The molecule has 2 aromatic rings. The second kappa shape index (κ2) is 14.5. The molecular weight excluding hydrogens is 546 g/mol. The Kier molecular flexibility index (Phi) is 11.0. The molecule has 0 spiro atoms. The number of nitrogens with zero attached hydrogens (tertiary/aromatic N) is 1. The quantitative estimate of drug-likeness (QED) is 0.300. The average Bonchev–Trinajstić information content (AvgIpc) is 2.93. The predicted octanol–water partition coefficient (Wildman–Crippen LogP) is 3.52. The van der Waals surface area contributed by atoms with Crippen LogP contribution in [-0.2, 0) is 55.7 Å². The first kappa shape index (κ1) is 32.1. The maximum absolute atomic E-state index is 12.3. The maximum Gasteiger partial charge on any atom is 0.303 e. The van der Waals surface area contributed by atoms with Crippen LogP contribution in [0, 0.1) is 11.3 Å². The lowest BCUT2D eigenvalue weighted by atomic mass is 9.88. The first-order chi connectivity index (χ1) is 20.0. The van der Waals surface area contributed by atoms with Crippen molar-refractivity contribution >= 4 is 23.9 Å². The fourth-order valence-electron chi connectivity index (χ4n) is 4.90. The Balaban J connectivity index is 2.18. The van der Waals surface area contributed by atoms with Gasteiger partial charge in [-0.15, -0.1) is 0 Å². The largest absolute Gasteiger partial charge is 0.495 e. The summed E-state index contributed by atoms with van der Waals surface area (Å²) in [5, 5.41) is 10.0. The van der Waals surface area contributed by atoms with Crippen molar-refractivity contribution in [3.05, 3.63) is 64.2 Å². The van der Waals surface area contributed by atoms with E-state index in [2.05, 4.69) is 13.0 Å². The first-order valence-electron chi connectivity index (χ1n) is 13.5. The molecule has 0 aliphatic carbocycles. The van der Waals surface area contributed by atoms with Crippen molar-refractivity contribution < 1.29 is 47.6 Å². The molecule has 0 N–H and O–H groups in total. The normalized spacial score (nSPS) is 21.4. The molecule has 0 radical (unpaired) electrons. The average molecular weight is 582 g/mol. The number of aryl methyl sites for hydroxylation is 1. The molecular formula is C31H35NO10. The van der Waals surface area contributed by atoms with Crippen LogP contribution in [0.2, 0.25) is 0 Å². The minimum Gasteiger partial charge on any atom is -0.495 e. The van der Waals surface area contributed by atoms with E-state index in [0.29, 0.717) is 23.1 Å². The van der Waals surface area contributed by atoms with Gasteiger partial charge in [-0.1, -0.05) is 37.3 Å². The van der Waals surface area contributed by atoms with Crippen molar-refractivity contribution in [1.29, 1.82) is 5.26 Å². The number of hydrogen-bond acceptors (Lipinski definition) is 11. The Morgan fingerprint density at radius 3 is 1.93 bits per heavy atom. The Morgan fingerprint density at radius 1 is 0.833 bits per heavy atom. The summed E-state index contributed by atoms with van der Waals surface area (Å²) in [5.41, 5.74) is 3.48. The van der Waals surface area contributed by atoms with Crippen LogP contribution in [0.15, 0.2) is 36.4 Å². The fourth-order valence-corrected chi connectivity index (χ4v) is 4.90. The topological polar surface area (TPSA) is 147 Å². The zero-order valence-corrected chi connectivity index (χ0v) is 24.5. The van der Waals surface area contributed by atoms with Crippen LogP contribution in [0.4, 0.5) is 0 Å². The van der Waals surface area contributed by atoms with Gasteiger partial charge in [0, 0.05) is 27.7 Å². The van der Waals surface area contributed by atoms with Crippen LogP contribution in [0.1, 0.15) is 68.5 Å². The fraction of sp³-hybridized carbons (Fsp3) is 0.452. The third kappa shape index (κ3) is 8.07. The summed E-state index contributed by atoms with van der Waals surface area (Å²) in [5.74, 6) is -2.51. The molecule has 1 saturated heterocycles. The van der Waals surface area contributed by atoms with Gasteiger partial charge in [0.15, 0.2) is 18.3 Å². The van der Waals surface area contributed by atoms with Crippen LogP contribution in [-0.4, -0.2) is 62.0 Å². The molecule has 0 amide bonds. The first-order valence-corrected chi connectivity index (χ1v) is 13.5. The third-order valence-corrected chi connectivity index (χ3v) is 6.68. The number of rotatable bonds is 10. The summed E-state index contributed by atoms with van der Waals surface area (Å²) in [6.07, 6.45) is -4.82. The van der Waals surface area contributed by atoms with E-state index in [4.69, 9.17) is 28.4 Å². The molecule has 11 heteroatoms. The lowest BCUT2D eigenvalue weighted by Crippen LogP contribution is -2.59. The van der Waals surface area contributed by atoms with Crippen LogP contribution in [0.5, 0.6) is 5.75 Å². The second-order valence-electron chi connectivity index (χ2n) is 9.84. The number of carbonyl (C=O) groups excluding carboxylic acids is 4. The molecule has 5 atom stereocenters. The highest BCUT2D eigenvalue weighted by atomic mass is 16.7. The van der Waals surface area contributed by atoms with E-state index in [1.54, 1.807) is 12.1 Å². The number of methoxy groups -OCH3 is 1. The molecule has 1 aliphatic rings. The molecule has 11 nitrogen and oxygen atoms in total. The molecule has 0 bridgehead atoms. The Hall–Kier alpha value is -4.43. The summed E-state index contributed by atoms with van der Waals surface area (Å²) in [6, 6.07) is 13.5. The predicted molar refractivity (Wildman–Crippen MR) is 147 cm³/mol. The van der Waals surface area contributed by atoms with Crippen molar-refractivity contribution in [2.24, 2.45) is 0 Å². The second-order valence-corrected chi connectivity index (χ2v) is 9.84. The van der Waals surface area contributed by atoms with Crippen LogP contribution in [0.25, 0.3) is 0 Å². The number of ether oxygens (including phenoxy) is 6. The van der Waals surface area contributed by atoms with Gasteiger partial charge in [-0.05, 0) is 41.2 Å². The van der Waals surface area contributed by atoms with Gasteiger partial charge in [0.2, 0.25) is 0 Å². The zero-order chi connectivity index (χ0) is 31.0. The third-order valence-electron chi connectivity index (χ3n) is 6.68. The number of nitriles is 1. The van der Waals surface area contributed by atoms with Crippen LogP contribution in [0.3, 0.4) is 0 Å². The summed E-state index contributed by atoms with van der Waals surface area (Å²) < 4.78 is 33.7. The molecule has 3 rings (SSSR count). The Bertz CT molecular complexity index is 1350. The van der Waals surface area contributed by atoms with E-state index >= 15 is 0 Å². The molecule has 1 heterocycles. The molecule has 0 aromatic heterocycles. The van der Waals surface area contributed by atoms with Gasteiger partial charge < -0.3 is 28.4 Å². The van der Waals surface area contributed by atoms with Gasteiger partial charge in [-0.2, -0.15) is 5.26 Å². The molecule has 42 heavy (non-hydrogen) atoms. The molecule has 0 unspecified atom stereocenters. The Labute approximate surface area is 244 Å². The van der Waals surface area contributed by atoms with E-state index < -0.39 is 54.4 Å². The van der Waals surface area contributed by atoms with Crippen molar-refractivity contribution in [3.8, 4) is 11.8 Å².